The summed E-state index contributed by atoms with van der Waals surface area (Å²) < 4.78 is 1.74. The van der Waals surface area contributed by atoms with Crippen LogP contribution in [0.15, 0.2) is 36.5 Å². The van der Waals surface area contributed by atoms with Gasteiger partial charge in [-0.3, -0.25) is 5.32 Å². The number of benzene rings is 1. The van der Waals surface area contributed by atoms with Crippen LogP contribution in [0.4, 0.5) is 10.6 Å². The molecular formula is C18H25N5O. The molecule has 1 aliphatic carbocycles. The quantitative estimate of drug-likeness (QED) is 0.880. The zero-order valence-corrected chi connectivity index (χ0v) is 14.5. The molecule has 0 aliphatic heterocycles. The molecule has 6 heteroatoms. The average molecular weight is 327 g/mol. The molecule has 24 heavy (non-hydrogen) atoms. The van der Waals surface area contributed by atoms with Crippen LogP contribution in [0.3, 0.4) is 0 Å². The molecule has 1 heterocycles. The molecule has 6 nitrogen and oxygen atoms in total. The Bertz CT molecular complexity index is 678. The second-order valence-corrected chi connectivity index (χ2v) is 6.80. The lowest BCUT2D eigenvalue weighted by atomic mass is 10.1. The number of anilines is 1. The highest BCUT2D eigenvalue weighted by Crippen LogP contribution is 2.35. The Morgan fingerprint density at radius 3 is 2.58 bits per heavy atom. The molecule has 1 aromatic carbocycles. The van der Waals surface area contributed by atoms with Crippen molar-refractivity contribution in [1.82, 2.24) is 19.9 Å². The summed E-state index contributed by atoms with van der Waals surface area (Å²) in [5.74, 6) is 1.10. The minimum Gasteiger partial charge on any atom is -0.317 e. The molecule has 1 atom stereocenters. The summed E-state index contributed by atoms with van der Waals surface area (Å²) in [5, 5.41) is 11.0. The molecule has 1 aromatic heterocycles. The van der Waals surface area contributed by atoms with E-state index < -0.39 is 0 Å². The summed E-state index contributed by atoms with van der Waals surface area (Å²) in [7, 11) is 0. The normalized spacial score (nSPS) is 15.3. The van der Waals surface area contributed by atoms with Gasteiger partial charge >= 0.3 is 6.03 Å². The molecule has 0 saturated heterocycles. The maximum Gasteiger partial charge on any atom is 0.323 e. The standard InChI is InChI=1S/C18H25N5O/c1-13(2)23-12-17(20-21-23)19-18(24)22(14(3)16-9-10-16)11-15-7-5-4-6-8-15/h4-8,12-14,16H,9-11H2,1-3H3,(H,19,24). The number of nitrogens with zero attached hydrogens (tertiary/aromatic N) is 4. The number of aromatic nitrogens is 3. The predicted octanol–water partition coefficient (Wildman–Crippen LogP) is 3.69. The lowest BCUT2D eigenvalue weighted by molar-refractivity contribution is 0.180. The first-order chi connectivity index (χ1) is 11.5. The van der Waals surface area contributed by atoms with Gasteiger partial charge in [-0.2, -0.15) is 0 Å². The molecule has 0 spiro atoms. The first kappa shape index (κ1) is 16.5. The van der Waals surface area contributed by atoms with E-state index in [4.69, 9.17) is 0 Å². The minimum atomic E-state index is -0.117. The predicted molar refractivity (Wildman–Crippen MR) is 93.6 cm³/mol. The van der Waals surface area contributed by atoms with Crippen molar-refractivity contribution in [2.75, 3.05) is 5.32 Å². The van der Waals surface area contributed by atoms with Crippen molar-refractivity contribution in [3.63, 3.8) is 0 Å². The third-order valence-electron chi connectivity index (χ3n) is 4.53. The van der Waals surface area contributed by atoms with Gasteiger partial charge in [0.05, 0.1) is 6.20 Å². The zero-order chi connectivity index (χ0) is 17.1. The number of hydrogen-bond acceptors (Lipinski definition) is 3. The molecule has 1 N–H and O–H groups in total. The first-order valence-electron chi connectivity index (χ1n) is 8.58. The van der Waals surface area contributed by atoms with Crippen molar-refractivity contribution in [3.8, 4) is 0 Å². The van der Waals surface area contributed by atoms with E-state index in [0.717, 1.165) is 5.56 Å². The van der Waals surface area contributed by atoms with Gasteiger partial charge < -0.3 is 4.90 Å². The van der Waals surface area contributed by atoms with Crippen LogP contribution in [-0.2, 0) is 6.54 Å². The highest BCUT2D eigenvalue weighted by molar-refractivity contribution is 5.88. The Balaban J connectivity index is 1.72. The van der Waals surface area contributed by atoms with Gasteiger partial charge in [0.2, 0.25) is 0 Å². The van der Waals surface area contributed by atoms with E-state index in [-0.39, 0.29) is 18.1 Å². The Kier molecular flexibility index (Phi) is 4.83. The van der Waals surface area contributed by atoms with Crippen LogP contribution < -0.4 is 5.32 Å². The van der Waals surface area contributed by atoms with Crippen molar-refractivity contribution >= 4 is 11.8 Å². The van der Waals surface area contributed by atoms with Gasteiger partial charge in [-0.25, -0.2) is 9.48 Å². The number of amides is 2. The number of hydrogen-bond donors (Lipinski definition) is 1. The van der Waals surface area contributed by atoms with Gasteiger partial charge in [0.25, 0.3) is 0 Å². The second kappa shape index (κ2) is 7.03. The minimum absolute atomic E-state index is 0.117. The molecule has 3 rings (SSSR count). The van der Waals surface area contributed by atoms with E-state index in [9.17, 15) is 4.79 Å². The van der Waals surface area contributed by atoms with Crippen LogP contribution in [0.25, 0.3) is 0 Å². The molecule has 128 valence electrons. The topological polar surface area (TPSA) is 63.1 Å². The summed E-state index contributed by atoms with van der Waals surface area (Å²) in [6, 6.07) is 10.4. The van der Waals surface area contributed by atoms with E-state index >= 15 is 0 Å². The summed E-state index contributed by atoms with van der Waals surface area (Å²) in [6.45, 7) is 6.78. The van der Waals surface area contributed by atoms with E-state index in [0.29, 0.717) is 18.3 Å². The molecule has 1 saturated carbocycles. The Hall–Kier alpha value is -2.37. The van der Waals surface area contributed by atoms with Crippen LogP contribution in [0.5, 0.6) is 0 Å². The first-order valence-corrected chi connectivity index (χ1v) is 8.58. The number of carbonyl (C=O) groups excluding carboxylic acids is 1. The number of urea groups is 1. The molecule has 2 amide bonds. The van der Waals surface area contributed by atoms with Crippen LogP contribution in [0, 0.1) is 5.92 Å². The lowest BCUT2D eigenvalue weighted by Gasteiger charge is -2.29. The van der Waals surface area contributed by atoms with E-state index in [1.165, 1.54) is 12.8 Å². The monoisotopic (exact) mass is 327 g/mol. The highest BCUT2D eigenvalue weighted by Gasteiger charge is 2.34. The van der Waals surface area contributed by atoms with Gasteiger partial charge in [0.15, 0.2) is 5.82 Å². The smallest absolute Gasteiger partial charge is 0.317 e. The Labute approximate surface area is 142 Å². The van der Waals surface area contributed by atoms with Crippen molar-refractivity contribution in [2.24, 2.45) is 5.92 Å². The van der Waals surface area contributed by atoms with E-state index in [2.05, 4.69) is 34.7 Å². The van der Waals surface area contributed by atoms with Gasteiger partial charge in [0.1, 0.15) is 0 Å². The fourth-order valence-corrected chi connectivity index (χ4v) is 2.78. The highest BCUT2D eigenvalue weighted by atomic mass is 16.2. The zero-order valence-electron chi connectivity index (χ0n) is 14.5. The van der Waals surface area contributed by atoms with Crippen LogP contribution in [0.1, 0.15) is 45.2 Å². The largest absolute Gasteiger partial charge is 0.323 e. The Morgan fingerprint density at radius 1 is 1.29 bits per heavy atom. The summed E-state index contributed by atoms with van der Waals surface area (Å²) >= 11 is 0. The van der Waals surface area contributed by atoms with Gasteiger partial charge in [0, 0.05) is 18.6 Å². The van der Waals surface area contributed by atoms with E-state index in [1.807, 2.05) is 36.9 Å². The van der Waals surface area contributed by atoms with Crippen molar-refractivity contribution < 1.29 is 4.79 Å². The second-order valence-electron chi connectivity index (χ2n) is 6.80. The SMILES string of the molecule is CC(C1CC1)N(Cc1ccccc1)C(=O)Nc1cn(C(C)C)nn1. The molecule has 0 radical (unpaired) electrons. The van der Waals surface area contributed by atoms with Crippen LogP contribution >= 0.6 is 0 Å². The van der Waals surface area contributed by atoms with Gasteiger partial charge in [-0.1, -0.05) is 35.5 Å². The molecule has 0 bridgehead atoms. The molecule has 2 aromatic rings. The number of rotatable bonds is 6. The molecule has 1 aliphatic rings. The molecular weight excluding hydrogens is 302 g/mol. The summed E-state index contributed by atoms with van der Waals surface area (Å²) in [6.07, 6.45) is 4.16. The summed E-state index contributed by atoms with van der Waals surface area (Å²) in [5.41, 5.74) is 1.13. The van der Waals surface area contributed by atoms with Crippen LogP contribution in [-0.4, -0.2) is 32.0 Å². The molecule has 1 unspecified atom stereocenters. The van der Waals surface area contributed by atoms with Gasteiger partial charge in [-0.15, -0.1) is 5.10 Å². The Morgan fingerprint density at radius 2 is 2.00 bits per heavy atom. The lowest BCUT2D eigenvalue weighted by Crippen LogP contribution is -2.42. The van der Waals surface area contributed by atoms with E-state index in [1.54, 1.807) is 10.9 Å². The van der Waals surface area contributed by atoms with Crippen molar-refractivity contribution in [1.29, 1.82) is 0 Å². The maximum absolute atomic E-state index is 12.8. The number of nitrogens with one attached hydrogen (secondary N) is 1. The van der Waals surface area contributed by atoms with Crippen molar-refractivity contribution in [3.05, 3.63) is 42.1 Å². The third-order valence-corrected chi connectivity index (χ3v) is 4.53. The van der Waals surface area contributed by atoms with Gasteiger partial charge in [-0.05, 0) is 45.1 Å². The molecule has 1 fully saturated rings. The maximum atomic E-state index is 12.8. The summed E-state index contributed by atoms with van der Waals surface area (Å²) in [4.78, 5) is 14.7. The fourth-order valence-electron chi connectivity index (χ4n) is 2.78. The third kappa shape index (κ3) is 3.93. The number of carbonyl (C=O) groups is 1. The van der Waals surface area contributed by atoms with Crippen molar-refractivity contribution in [2.45, 2.75) is 52.2 Å². The average Bonchev–Trinajstić information content (AvgIpc) is 3.32. The van der Waals surface area contributed by atoms with Crippen LogP contribution in [0.2, 0.25) is 0 Å². The fraction of sp³-hybridized carbons (Fsp3) is 0.500.